The summed E-state index contributed by atoms with van der Waals surface area (Å²) in [7, 11) is -3.78. The van der Waals surface area contributed by atoms with Crippen LogP contribution in [0.5, 0.6) is 5.75 Å². The molecule has 0 saturated carbocycles. The minimum Gasteiger partial charge on any atom is -0.492 e. The molecule has 9 heteroatoms. The van der Waals surface area contributed by atoms with Crippen molar-refractivity contribution in [2.75, 3.05) is 6.61 Å². The van der Waals surface area contributed by atoms with Gasteiger partial charge in [-0.15, -0.1) is 0 Å². The fourth-order valence-electron chi connectivity index (χ4n) is 3.27. The zero-order valence-corrected chi connectivity index (χ0v) is 14.7. The molecule has 24 heavy (non-hydrogen) atoms. The molecule has 7 nitrogen and oxygen atoms in total. The van der Waals surface area contributed by atoms with Crippen molar-refractivity contribution in [3.05, 3.63) is 34.4 Å². The summed E-state index contributed by atoms with van der Waals surface area (Å²) in [4.78, 5) is 4.46. The van der Waals surface area contributed by atoms with Crippen molar-refractivity contribution in [3.8, 4) is 5.75 Å². The van der Waals surface area contributed by atoms with Gasteiger partial charge in [0.2, 0.25) is 10.0 Å². The Bertz CT molecular complexity index is 910. The van der Waals surface area contributed by atoms with Crippen LogP contribution < -0.4 is 9.46 Å². The minimum atomic E-state index is -3.78. The molecule has 0 spiro atoms. The molecule has 0 unspecified atom stereocenters. The highest BCUT2D eigenvalue weighted by Gasteiger charge is 2.32. The van der Waals surface area contributed by atoms with Crippen molar-refractivity contribution in [1.82, 2.24) is 19.5 Å². The summed E-state index contributed by atoms with van der Waals surface area (Å²) in [6, 6.07) is 2.79. The highest BCUT2D eigenvalue weighted by Crippen LogP contribution is 2.36. The summed E-state index contributed by atoms with van der Waals surface area (Å²) < 4.78 is 35.9. The minimum absolute atomic E-state index is 0.0934. The van der Waals surface area contributed by atoms with Crippen molar-refractivity contribution in [2.24, 2.45) is 0 Å². The molecular weight excluding hydrogens is 352 g/mol. The number of aromatic nitrogens is 3. The van der Waals surface area contributed by atoms with Crippen molar-refractivity contribution < 1.29 is 13.2 Å². The number of sulfonamides is 1. The second-order valence-electron chi connectivity index (χ2n) is 6.05. The predicted molar refractivity (Wildman–Crippen MR) is 87.7 cm³/mol. The number of hydrogen-bond acceptors (Lipinski definition) is 5. The van der Waals surface area contributed by atoms with Crippen LogP contribution in [0.2, 0.25) is 5.02 Å². The molecule has 2 aromatic rings. The Labute approximate surface area is 145 Å². The molecule has 1 atom stereocenters. The highest BCUT2D eigenvalue weighted by molar-refractivity contribution is 7.89. The molecule has 0 radical (unpaired) electrons. The van der Waals surface area contributed by atoms with Gasteiger partial charge in [0, 0.05) is 23.6 Å². The quantitative estimate of drug-likeness (QED) is 0.895. The molecule has 0 saturated heterocycles. The van der Waals surface area contributed by atoms with Gasteiger partial charge in [0.05, 0.1) is 12.6 Å². The number of nitrogens with one attached hydrogen (secondary N) is 1. The van der Waals surface area contributed by atoms with E-state index in [1.165, 1.54) is 6.07 Å². The molecule has 2 aliphatic heterocycles. The monoisotopic (exact) mass is 368 g/mol. The maximum Gasteiger partial charge on any atom is 0.244 e. The van der Waals surface area contributed by atoms with E-state index in [0.29, 0.717) is 41.9 Å². The first-order valence-electron chi connectivity index (χ1n) is 7.83. The van der Waals surface area contributed by atoms with Crippen molar-refractivity contribution in [2.45, 2.75) is 43.7 Å². The zero-order valence-electron chi connectivity index (χ0n) is 13.1. The predicted octanol–water partition coefficient (Wildman–Crippen LogP) is 1.99. The first-order chi connectivity index (χ1) is 11.4. The summed E-state index contributed by atoms with van der Waals surface area (Å²) in [5.74, 6) is 1.70. The molecule has 0 bridgehead atoms. The van der Waals surface area contributed by atoms with E-state index in [-0.39, 0.29) is 4.90 Å². The first-order valence-corrected chi connectivity index (χ1v) is 9.69. The van der Waals surface area contributed by atoms with Gasteiger partial charge in [0.1, 0.15) is 22.3 Å². The number of ether oxygens (including phenoxy) is 1. The molecule has 2 aliphatic rings. The molecule has 1 aromatic carbocycles. The average molecular weight is 369 g/mol. The van der Waals surface area contributed by atoms with Gasteiger partial charge in [0.15, 0.2) is 0 Å². The highest BCUT2D eigenvalue weighted by atomic mass is 35.5. The third-order valence-electron chi connectivity index (χ3n) is 4.28. The number of halogens is 1. The summed E-state index contributed by atoms with van der Waals surface area (Å²) >= 11 is 6.09. The SMILES string of the molecule is Cc1nc2n(n1)CCC[C@H]2NS(=O)(=O)c1cc(Cl)cc2c1OCC2. The number of fused-ring (bicyclic) bond motifs is 2. The summed E-state index contributed by atoms with van der Waals surface area (Å²) in [5, 5.41) is 4.69. The smallest absolute Gasteiger partial charge is 0.244 e. The number of benzene rings is 1. The fraction of sp³-hybridized carbons (Fsp3) is 0.467. The molecule has 0 amide bonds. The molecule has 3 heterocycles. The molecule has 1 N–H and O–H groups in total. The van der Waals surface area contributed by atoms with Crippen LogP contribution in [-0.2, 0) is 23.0 Å². The van der Waals surface area contributed by atoms with E-state index in [2.05, 4.69) is 14.8 Å². The molecule has 0 fully saturated rings. The Hall–Kier alpha value is -1.64. The maximum atomic E-state index is 12.9. The average Bonchev–Trinajstić information content (AvgIpc) is 3.11. The molecule has 0 aliphatic carbocycles. The Morgan fingerprint density at radius 2 is 2.25 bits per heavy atom. The van der Waals surface area contributed by atoms with Crippen LogP contribution in [0.4, 0.5) is 0 Å². The van der Waals surface area contributed by atoms with E-state index in [0.717, 1.165) is 18.5 Å². The van der Waals surface area contributed by atoms with Gasteiger partial charge in [-0.25, -0.2) is 22.8 Å². The van der Waals surface area contributed by atoms with Gasteiger partial charge >= 0.3 is 0 Å². The lowest BCUT2D eigenvalue weighted by atomic mass is 10.1. The lowest BCUT2D eigenvalue weighted by Crippen LogP contribution is -2.33. The Morgan fingerprint density at radius 3 is 3.08 bits per heavy atom. The Morgan fingerprint density at radius 1 is 1.42 bits per heavy atom. The van der Waals surface area contributed by atoms with E-state index in [1.807, 2.05) is 0 Å². The summed E-state index contributed by atoms with van der Waals surface area (Å²) in [6.07, 6.45) is 2.18. The summed E-state index contributed by atoms with van der Waals surface area (Å²) in [5.41, 5.74) is 0.825. The van der Waals surface area contributed by atoms with Gasteiger partial charge in [-0.2, -0.15) is 5.10 Å². The van der Waals surface area contributed by atoms with E-state index >= 15 is 0 Å². The number of nitrogens with zero attached hydrogens (tertiary/aromatic N) is 3. The van der Waals surface area contributed by atoms with Crippen LogP contribution in [0.3, 0.4) is 0 Å². The fourth-order valence-corrected chi connectivity index (χ4v) is 5.01. The van der Waals surface area contributed by atoms with Gasteiger partial charge in [0.25, 0.3) is 0 Å². The molecule has 1 aromatic heterocycles. The van der Waals surface area contributed by atoms with Crippen molar-refractivity contribution >= 4 is 21.6 Å². The number of rotatable bonds is 3. The van der Waals surface area contributed by atoms with Gasteiger partial charge in [-0.05, 0) is 31.9 Å². The Kier molecular flexibility index (Phi) is 3.78. The normalized spacial score (nSPS) is 19.7. The van der Waals surface area contributed by atoms with Crippen molar-refractivity contribution in [3.63, 3.8) is 0 Å². The topological polar surface area (TPSA) is 86.1 Å². The zero-order chi connectivity index (χ0) is 16.9. The van der Waals surface area contributed by atoms with Crippen LogP contribution >= 0.6 is 11.6 Å². The second kappa shape index (κ2) is 5.72. The molecular formula is C15H17ClN4O3S. The standard InChI is InChI=1S/C15H17ClN4O3S/c1-9-17-15-12(3-2-5-20(15)18-9)19-24(21,22)13-8-11(16)7-10-4-6-23-14(10)13/h7-8,12,19H,2-6H2,1H3/t12-/m1/s1. The van der Waals surface area contributed by atoms with Crippen LogP contribution in [-0.4, -0.2) is 29.8 Å². The lowest BCUT2D eigenvalue weighted by molar-refractivity contribution is 0.347. The lowest BCUT2D eigenvalue weighted by Gasteiger charge is -2.23. The van der Waals surface area contributed by atoms with Gasteiger partial charge in [-0.1, -0.05) is 11.6 Å². The summed E-state index contributed by atoms with van der Waals surface area (Å²) in [6.45, 7) is 3.02. The van der Waals surface area contributed by atoms with E-state index < -0.39 is 16.1 Å². The van der Waals surface area contributed by atoms with Gasteiger partial charge in [-0.3, -0.25) is 0 Å². The van der Waals surface area contributed by atoms with Crippen LogP contribution in [0, 0.1) is 6.92 Å². The van der Waals surface area contributed by atoms with E-state index in [9.17, 15) is 8.42 Å². The maximum absolute atomic E-state index is 12.9. The Balaban J connectivity index is 1.71. The van der Waals surface area contributed by atoms with E-state index in [1.54, 1.807) is 17.7 Å². The third kappa shape index (κ3) is 2.68. The van der Waals surface area contributed by atoms with Crippen LogP contribution in [0.25, 0.3) is 0 Å². The second-order valence-corrected chi connectivity index (χ2v) is 8.17. The van der Waals surface area contributed by atoms with Gasteiger partial charge < -0.3 is 4.74 Å². The largest absolute Gasteiger partial charge is 0.492 e. The van der Waals surface area contributed by atoms with E-state index in [4.69, 9.17) is 16.3 Å². The number of aryl methyl sites for hydroxylation is 2. The third-order valence-corrected chi connectivity index (χ3v) is 5.98. The van der Waals surface area contributed by atoms with Crippen LogP contribution in [0.15, 0.2) is 17.0 Å². The van der Waals surface area contributed by atoms with Crippen LogP contribution in [0.1, 0.15) is 36.1 Å². The molecule has 4 rings (SSSR count). The molecule has 128 valence electrons. The number of hydrogen-bond donors (Lipinski definition) is 1. The first kappa shape index (κ1) is 15.9. The van der Waals surface area contributed by atoms with Crippen molar-refractivity contribution in [1.29, 1.82) is 0 Å².